The topological polar surface area (TPSA) is 69.6 Å². The molecule has 3 rings (SSSR count). The van der Waals surface area contributed by atoms with E-state index >= 15 is 0 Å². The second-order valence-electron chi connectivity index (χ2n) is 4.50. The van der Waals surface area contributed by atoms with Gasteiger partial charge < -0.3 is 5.73 Å². The van der Waals surface area contributed by atoms with Gasteiger partial charge in [-0.1, -0.05) is 6.07 Å². The number of halogens is 3. The Morgan fingerprint density at radius 3 is 2.67 bits per heavy atom. The Balaban J connectivity index is 2.22. The summed E-state index contributed by atoms with van der Waals surface area (Å²) in [6, 6.07) is 4.86. The van der Waals surface area contributed by atoms with Crippen LogP contribution in [0.5, 0.6) is 0 Å². The maximum Gasteiger partial charge on any atom is 0.416 e. The third-order valence-corrected chi connectivity index (χ3v) is 2.99. The van der Waals surface area contributed by atoms with Gasteiger partial charge in [-0.25, -0.2) is 14.6 Å². The fourth-order valence-corrected chi connectivity index (χ4v) is 2.05. The summed E-state index contributed by atoms with van der Waals surface area (Å²) in [6.07, 6.45) is -2.98. The number of aryl methyl sites for hydroxylation is 1. The zero-order chi connectivity index (χ0) is 15.2. The summed E-state index contributed by atoms with van der Waals surface area (Å²) in [5.41, 5.74) is 5.65. The fourth-order valence-electron chi connectivity index (χ4n) is 2.05. The summed E-state index contributed by atoms with van der Waals surface area (Å²) in [5, 5.41) is 4.56. The second-order valence-corrected chi connectivity index (χ2v) is 4.50. The van der Waals surface area contributed by atoms with E-state index in [1.165, 1.54) is 23.0 Å². The number of benzene rings is 1. The average Bonchev–Trinajstić information content (AvgIpc) is 2.82. The Labute approximate surface area is 117 Å². The molecule has 0 bridgehead atoms. The second kappa shape index (κ2) is 4.44. The minimum Gasteiger partial charge on any atom is -0.383 e. The van der Waals surface area contributed by atoms with Crippen molar-refractivity contribution in [1.29, 1.82) is 0 Å². The highest BCUT2D eigenvalue weighted by Crippen LogP contribution is 2.31. The van der Waals surface area contributed by atoms with Crippen molar-refractivity contribution < 1.29 is 13.2 Å². The molecular weight excluding hydrogens is 283 g/mol. The van der Waals surface area contributed by atoms with Crippen molar-refractivity contribution in [3.8, 4) is 5.69 Å². The van der Waals surface area contributed by atoms with E-state index in [4.69, 9.17) is 5.73 Å². The molecule has 0 amide bonds. The zero-order valence-electron chi connectivity index (χ0n) is 10.9. The third-order valence-electron chi connectivity index (χ3n) is 2.99. The molecule has 1 aromatic carbocycles. The summed E-state index contributed by atoms with van der Waals surface area (Å²) in [6.45, 7) is 1.65. The Kier molecular flexibility index (Phi) is 2.82. The molecule has 0 saturated heterocycles. The number of aromatic nitrogens is 4. The van der Waals surface area contributed by atoms with E-state index in [2.05, 4.69) is 15.1 Å². The van der Waals surface area contributed by atoms with Crippen LogP contribution in [0.15, 0.2) is 30.5 Å². The van der Waals surface area contributed by atoms with Crippen molar-refractivity contribution in [3.05, 3.63) is 41.9 Å². The Morgan fingerprint density at radius 2 is 1.95 bits per heavy atom. The van der Waals surface area contributed by atoms with Crippen LogP contribution in [-0.4, -0.2) is 19.7 Å². The zero-order valence-corrected chi connectivity index (χ0v) is 10.9. The van der Waals surface area contributed by atoms with Crippen LogP contribution < -0.4 is 5.73 Å². The minimum absolute atomic E-state index is 0.246. The predicted octanol–water partition coefficient (Wildman–Crippen LogP) is 2.72. The van der Waals surface area contributed by atoms with E-state index in [0.717, 1.165) is 12.1 Å². The number of fused-ring (bicyclic) bond motifs is 1. The summed E-state index contributed by atoms with van der Waals surface area (Å²) in [4.78, 5) is 8.19. The van der Waals surface area contributed by atoms with Crippen LogP contribution in [0.3, 0.4) is 0 Å². The van der Waals surface area contributed by atoms with Gasteiger partial charge in [0.2, 0.25) is 0 Å². The van der Waals surface area contributed by atoms with Gasteiger partial charge in [-0.2, -0.15) is 18.3 Å². The lowest BCUT2D eigenvalue weighted by molar-refractivity contribution is -0.137. The SMILES string of the molecule is Cc1nc(N)c2cnn(-c3cccc(C(F)(F)F)c3)c2n1. The van der Waals surface area contributed by atoms with Gasteiger partial charge in [0.1, 0.15) is 11.6 Å². The molecule has 108 valence electrons. The normalized spacial score (nSPS) is 12.0. The number of anilines is 1. The number of rotatable bonds is 1. The van der Waals surface area contributed by atoms with E-state index in [0.29, 0.717) is 16.9 Å². The van der Waals surface area contributed by atoms with Crippen molar-refractivity contribution >= 4 is 16.9 Å². The maximum absolute atomic E-state index is 12.8. The standard InChI is InChI=1S/C13H10F3N5/c1-7-19-11(17)10-6-18-21(12(10)20-7)9-4-2-3-8(5-9)13(14,15)16/h2-6H,1H3,(H2,17,19,20). The molecule has 2 heterocycles. The van der Waals surface area contributed by atoms with Gasteiger partial charge in [0.05, 0.1) is 22.8 Å². The van der Waals surface area contributed by atoms with Gasteiger partial charge in [-0.15, -0.1) is 0 Å². The molecule has 0 aliphatic carbocycles. The molecule has 0 atom stereocenters. The van der Waals surface area contributed by atoms with Gasteiger partial charge in [0, 0.05) is 0 Å². The van der Waals surface area contributed by atoms with Crippen LogP contribution in [0.4, 0.5) is 19.0 Å². The minimum atomic E-state index is -4.41. The molecule has 2 N–H and O–H groups in total. The molecule has 21 heavy (non-hydrogen) atoms. The summed E-state index contributed by atoms with van der Waals surface area (Å²) < 4.78 is 39.6. The first kappa shape index (κ1) is 13.3. The number of hydrogen-bond donors (Lipinski definition) is 1. The number of nitrogen functional groups attached to an aromatic ring is 1. The number of alkyl halides is 3. The lowest BCUT2D eigenvalue weighted by atomic mass is 10.2. The van der Waals surface area contributed by atoms with Gasteiger partial charge in [-0.3, -0.25) is 0 Å². The van der Waals surface area contributed by atoms with E-state index in [9.17, 15) is 13.2 Å². The van der Waals surface area contributed by atoms with E-state index in [1.807, 2.05) is 0 Å². The van der Waals surface area contributed by atoms with Crippen molar-refractivity contribution in [1.82, 2.24) is 19.7 Å². The lowest BCUT2D eigenvalue weighted by Gasteiger charge is -2.09. The average molecular weight is 293 g/mol. The molecule has 0 aliphatic rings. The van der Waals surface area contributed by atoms with Crippen molar-refractivity contribution in [2.45, 2.75) is 13.1 Å². The molecule has 5 nitrogen and oxygen atoms in total. The van der Waals surface area contributed by atoms with Crippen LogP contribution in [0.1, 0.15) is 11.4 Å². The monoisotopic (exact) mass is 293 g/mol. The number of hydrogen-bond acceptors (Lipinski definition) is 4. The van der Waals surface area contributed by atoms with Crippen molar-refractivity contribution in [2.75, 3.05) is 5.73 Å². The third kappa shape index (κ3) is 2.28. The first-order valence-corrected chi connectivity index (χ1v) is 6.02. The van der Waals surface area contributed by atoms with Crippen molar-refractivity contribution in [2.24, 2.45) is 0 Å². The van der Waals surface area contributed by atoms with Crippen LogP contribution in [0.25, 0.3) is 16.7 Å². The molecule has 3 aromatic rings. The van der Waals surface area contributed by atoms with Crippen LogP contribution in [0, 0.1) is 6.92 Å². The Bertz CT molecular complexity index is 822. The van der Waals surface area contributed by atoms with E-state index in [1.54, 1.807) is 6.92 Å². The molecule has 0 aliphatic heterocycles. The quantitative estimate of drug-likeness (QED) is 0.749. The lowest BCUT2D eigenvalue weighted by Crippen LogP contribution is -2.07. The van der Waals surface area contributed by atoms with Crippen molar-refractivity contribution in [3.63, 3.8) is 0 Å². The highest BCUT2D eigenvalue weighted by Gasteiger charge is 2.30. The Hall–Kier alpha value is -2.64. The van der Waals surface area contributed by atoms with Crippen LogP contribution in [-0.2, 0) is 6.18 Å². The first-order chi connectivity index (χ1) is 9.86. The van der Waals surface area contributed by atoms with Gasteiger partial charge in [-0.05, 0) is 25.1 Å². The molecule has 2 aromatic heterocycles. The molecule has 0 fully saturated rings. The van der Waals surface area contributed by atoms with Gasteiger partial charge in [0.25, 0.3) is 0 Å². The molecule has 0 radical (unpaired) electrons. The largest absolute Gasteiger partial charge is 0.416 e. The number of nitrogens with zero attached hydrogens (tertiary/aromatic N) is 4. The number of nitrogens with two attached hydrogens (primary N) is 1. The highest BCUT2D eigenvalue weighted by atomic mass is 19.4. The summed E-state index contributed by atoms with van der Waals surface area (Å²) in [5.74, 6) is 0.671. The predicted molar refractivity (Wildman–Crippen MR) is 70.8 cm³/mol. The highest BCUT2D eigenvalue weighted by molar-refractivity contribution is 5.86. The van der Waals surface area contributed by atoms with E-state index in [-0.39, 0.29) is 11.5 Å². The smallest absolute Gasteiger partial charge is 0.383 e. The molecular formula is C13H10F3N5. The fraction of sp³-hybridized carbons (Fsp3) is 0.154. The van der Waals surface area contributed by atoms with E-state index < -0.39 is 11.7 Å². The molecule has 0 saturated carbocycles. The summed E-state index contributed by atoms with van der Waals surface area (Å²) >= 11 is 0. The molecule has 0 spiro atoms. The van der Waals surface area contributed by atoms with Crippen LogP contribution >= 0.6 is 0 Å². The molecule has 8 heteroatoms. The van der Waals surface area contributed by atoms with Gasteiger partial charge >= 0.3 is 6.18 Å². The Morgan fingerprint density at radius 1 is 1.19 bits per heavy atom. The molecule has 0 unspecified atom stereocenters. The van der Waals surface area contributed by atoms with Crippen LogP contribution in [0.2, 0.25) is 0 Å². The first-order valence-electron chi connectivity index (χ1n) is 6.02. The van der Waals surface area contributed by atoms with Gasteiger partial charge in [0.15, 0.2) is 5.65 Å². The summed E-state index contributed by atoms with van der Waals surface area (Å²) in [7, 11) is 0. The maximum atomic E-state index is 12.8.